The Bertz CT molecular complexity index is 511. The lowest BCUT2D eigenvalue weighted by Gasteiger charge is -2.32. The van der Waals surface area contributed by atoms with Crippen LogP contribution in [-0.2, 0) is 11.3 Å². The largest absolute Gasteiger partial charge is 0.356 e. The second kappa shape index (κ2) is 8.63. The normalized spacial score (nSPS) is 25.7. The first-order chi connectivity index (χ1) is 11.8. The Morgan fingerprint density at radius 2 is 1.88 bits per heavy atom. The highest BCUT2D eigenvalue weighted by Crippen LogP contribution is 2.31. The first-order valence-electron chi connectivity index (χ1n) is 9.50. The highest BCUT2D eigenvalue weighted by molar-refractivity contribution is 5.79. The molecule has 4 heteroatoms. The summed E-state index contributed by atoms with van der Waals surface area (Å²) in [5, 5.41) is 3.21. The molecule has 0 radical (unpaired) electrons. The SMILES string of the molecule is NC[C@H]1CCC[C@H]1C(=O)NCC1CCN(Cc2ccccc2)CC1. The number of rotatable bonds is 6. The van der Waals surface area contributed by atoms with Crippen molar-refractivity contribution >= 4 is 5.91 Å². The molecule has 1 aliphatic heterocycles. The van der Waals surface area contributed by atoms with Crippen LogP contribution in [0.1, 0.15) is 37.7 Å². The second-order valence-corrected chi connectivity index (χ2v) is 7.48. The number of benzene rings is 1. The molecule has 4 nitrogen and oxygen atoms in total. The third-order valence-corrected chi connectivity index (χ3v) is 5.82. The van der Waals surface area contributed by atoms with E-state index >= 15 is 0 Å². The molecule has 2 aliphatic rings. The van der Waals surface area contributed by atoms with Gasteiger partial charge >= 0.3 is 0 Å². The van der Waals surface area contributed by atoms with Gasteiger partial charge < -0.3 is 11.1 Å². The molecule has 1 aliphatic carbocycles. The molecule has 0 bridgehead atoms. The number of hydrogen-bond acceptors (Lipinski definition) is 3. The van der Waals surface area contributed by atoms with Gasteiger partial charge in [-0.05, 0) is 62.7 Å². The molecule has 3 rings (SSSR count). The van der Waals surface area contributed by atoms with Crippen molar-refractivity contribution in [2.75, 3.05) is 26.2 Å². The van der Waals surface area contributed by atoms with E-state index in [0.29, 0.717) is 18.4 Å². The lowest BCUT2D eigenvalue weighted by atomic mass is 9.93. The number of amides is 1. The predicted octanol–water partition coefficient (Wildman–Crippen LogP) is 2.39. The number of hydrogen-bond donors (Lipinski definition) is 2. The number of nitrogens with one attached hydrogen (secondary N) is 1. The van der Waals surface area contributed by atoms with Crippen LogP contribution in [0.15, 0.2) is 30.3 Å². The third-order valence-electron chi connectivity index (χ3n) is 5.82. The molecule has 1 aromatic carbocycles. The van der Waals surface area contributed by atoms with Gasteiger partial charge in [-0.1, -0.05) is 36.8 Å². The molecule has 2 atom stereocenters. The molecular formula is C20H31N3O. The van der Waals surface area contributed by atoms with Crippen molar-refractivity contribution in [2.45, 2.75) is 38.6 Å². The van der Waals surface area contributed by atoms with E-state index in [1.54, 1.807) is 0 Å². The topological polar surface area (TPSA) is 58.4 Å². The highest BCUT2D eigenvalue weighted by Gasteiger charge is 2.32. The zero-order valence-corrected chi connectivity index (χ0v) is 14.6. The van der Waals surface area contributed by atoms with Crippen LogP contribution in [0.4, 0.5) is 0 Å². The minimum Gasteiger partial charge on any atom is -0.356 e. The average Bonchev–Trinajstić information content (AvgIpc) is 3.10. The quantitative estimate of drug-likeness (QED) is 0.842. The van der Waals surface area contributed by atoms with Gasteiger partial charge in [-0.15, -0.1) is 0 Å². The second-order valence-electron chi connectivity index (χ2n) is 7.48. The van der Waals surface area contributed by atoms with Gasteiger partial charge in [0.2, 0.25) is 5.91 Å². The van der Waals surface area contributed by atoms with Gasteiger partial charge in [0, 0.05) is 19.0 Å². The Morgan fingerprint density at radius 1 is 1.12 bits per heavy atom. The van der Waals surface area contributed by atoms with Crippen molar-refractivity contribution in [1.82, 2.24) is 10.2 Å². The summed E-state index contributed by atoms with van der Waals surface area (Å²) in [6.45, 7) is 4.79. The maximum absolute atomic E-state index is 12.4. The van der Waals surface area contributed by atoms with Crippen molar-refractivity contribution in [2.24, 2.45) is 23.5 Å². The Balaban J connectivity index is 1.37. The van der Waals surface area contributed by atoms with E-state index in [1.165, 1.54) is 18.4 Å². The molecule has 0 unspecified atom stereocenters. The fourth-order valence-electron chi connectivity index (χ4n) is 4.23. The predicted molar refractivity (Wildman–Crippen MR) is 97.3 cm³/mol. The van der Waals surface area contributed by atoms with E-state index in [1.807, 2.05) is 0 Å². The zero-order chi connectivity index (χ0) is 16.8. The summed E-state index contributed by atoms with van der Waals surface area (Å²) in [5.41, 5.74) is 7.18. The lowest BCUT2D eigenvalue weighted by Crippen LogP contribution is -2.41. The van der Waals surface area contributed by atoms with Gasteiger partial charge in [-0.3, -0.25) is 9.69 Å². The number of piperidine rings is 1. The van der Waals surface area contributed by atoms with Crippen LogP contribution in [0.3, 0.4) is 0 Å². The Kier molecular flexibility index (Phi) is 6.27. The third kappa shape index (κ3) is 4.58. The fourth-order valence-corrected chi connectivity index (χ4v) is 4.23. The summed E-state index contributed by atoms with van der Waals surface area (Å²) in [6.07, 6.45) is 5.64. The summed E-state index contributed by atoms with van der Waals surface area (Å²) < 4.78 is 0. The molecule has 1 amide bonds. The maximum atomic E-state index is 12.4. The monoisotopic (exact) mass is 329 g/mol. The first-order valence-corrected chi connectivity index (χ1v) is 9.50. The molecule has 3 N–H and O–H groups in total. The van der Waals surface area contributed by atoms with E-state index in [4.69, 9.17) is 5.73 Å². The Hall–Kier alpha value is -1.39. The van der Waals surface area contributed by atoms with E-state index < -0.39 is 0 Å². The first kappa shape index (κ1) is 17.4. The summed E-state index contributed by atoms with van der Waals surface area (Å²) in [5.74, 6) is 1.43. The van der Waals surface area contributed by atoms with Crippen molar-refractivity contribution in [3.05, 3.63) is 35.9 Å². The van der Waals surface area contributed by atoms with Gasteiger partial charge in [0.05, 0.1) is 0 Å². The fraction of sp³-hybridized carbons (Fsp3) is 0.650. The van der Waals surface area contributed by atoms with Crippen LogP contribution in [0, 0.1) is 17.8 Å². The molecular weight excluding hydrogens is 298 g/mol. The van der Waals surface area contributed by atoms with Gasteiger partial charge in [0.25, 0.3) is 0 Å². The van der Waals surface area contributed by atoms with Gasteiger partial charge in [-0.2, -0.15) is 0 Å². The van der Waals surface area contributed by atoms with Crippen LogP contribution in [0.2, 0.25) is 0 Å². The number of likely N-dealkylation sites (tertiary alicyclic amines) is 1. The summed E-state index contributed by atoms with van der Waals surface area (Å²) in [4.78, 5) is 14.9. The summed E-state index contributed by atoms with van der Waals surface area (Å²) in [7, 11) is 0. The van der Waals surface area contributed by atoms with Gasteiger partial charge in [0.1, 0.15) is 0 Å². The number of carbonyl (C=O) groups excluding carboxylic acids is 1. The van der Waals surface area contributed by atoms with Crippen molar-refractivity contribution in [1.29, 1.82) is 0 Å². The zero-order valence-electron chi connectivity index (χ0n) is 14.6. The van der Waals surface area contributed by atoms with Crippen LogP contribution in [-0.4, -0.2) is 37.0 Å². The molecule has 1 saturated heterocycles. The number of nitrogens with zero attached hydrogens (tertiary/aromatic N) is 1. The standard InChI is InChI=1S/C20H31N3O/c21-13-18-7-4-8-19(18)20(24)22-14-16-9-11-23(12-10-16)15-17-5-2-1-3-6-17/h1-3,5-6,16,18-19H,4,7-15,21H2,(H,22,24)/t18-,19-/m1/s1. The van der Waals surface area contributed by atoms with E-state index in [-0.39, 0.29) is 11.8 Å². The molecule has 1 heterocycles. The van der Waals surface area contributed by atoms with Crippen molar-refractivity contribution in [3.63, 3.8) is 0 Å². The summed E-state index contributed by atoms with van der Waals surface area (Å²) >= 11 is 0. The molecule has 132 valence electrons. The maximum Gasteiger partial charge on any atom is 0.223 e. The van der Waals surface area contributed by atoms with E-state index in [0.717, 1.165) is 45.4 Å². The summed E-state index contributed by atoms with van der Waals surface area (Å²) in [6, 6.07) is 10.7. The molecule has 1 saturated carbocycles. The van der Waals surface area contributed by atoms with E-state index in [9.17, 15) is 4.79 Å². The van der Waals surface area contributed by atoms with Crippen LogP contribution in [0.5, 0.6) is 0 Å². The molecule has 1 aromatic rings. The lowest BCUT2D eigenvalue weighted by molar-refractivity contribution is -0.126. The van der Waals surface area contributed by atoms with Crippen molar-refractivity contribution < 1.29 is 4.79 Å². The van der Waals surface area contributed by atoms with E-state index in [2.05, 4.69) is 40.5 Å². The van der Waals surface area contributed by atoms with Crippen LogP contribution >= 0.6 is 0 Å². The van der Waals surface area contributed by atoms with Gasteiger partial charge in [0.15, 0.2) is 0 Å². The molecule has 2 fully saturated rings. The highest BCUT2D eigenvalue weighted by atomic mass is 16.1. The Morgan fingerprint density at radius 3 is 2.58 bits per heavy atom. The smallest absolute Gasteiger partial charge is 0.223 e. The van der Waals surface area contributed by atoms with Crippen LogP contribution < -0.4 is 11.1 Å². The molecule has 0 spiro atoms. The van der Waals surface area contributed by atoms with Gasteiger partial charge in [-0.25, -0.2) is 0 Å². The van der Waals surface area contributed by atoms with Crippen molar-refractivity contribution in [3.8, 4) is 0 Å². The minimum absolute atomic E-state index is 0.160. The minimum atomic E-state index is 0.160. The van der Waals surface area contributed by atoms with Crippen LogP contribution in [0.25, 0.3) is 0 Å². The average molecular weight is 329 g/mol. The Labute approximate surface area is 145 Å². The number of carbonyl (C=O) groups is 1. The molecule has 24 heavy (non-hydrogen) atoms. The molecule has 0 aromatic heterocycles. The number of nitrogens with two attached hydrogens (primary N) is 1.